The molecule has 1 unspecified atom stereocenters. The minimum atomic E-state index is -0.129. The molecule has 25 heavy (non-hydrogen) atoms. The number of amides is 2. The minimum Gasteiger partial charge on any atom is -0.497 e. The number of nitrogens with one attached hydrogen (secondary N) is 1. The number of benzene rings is 1. The summed E-state index contributed by atoms with van der Waals surface area (Å²) in [5.41, 5.74) is 5.41. The predicted octanol–water partition coefficient (Wildman–Crippen LogP) is 1.52. The molecule has 1 aliphatic heterocycles. The lowest BCUT2D eigenvalue weighted by Gasteiger charge is -2.32. The maximum absolute atomic E-state index is 12.4. The Morgan fingerprint density at radius 2 is 2.24 bits per heavy atom. The van der Waals surface area contributed by atoms with Crippen LogP contribution in [0, 0.1) is 5.92 Å². The summed E-state index contributed by atoms with van der Waals surface area (Å²) in [5, 5.41) is 2.81. The number of carbonyl (C=O) groups is 2. The molecule has 1 heterocycles. The van der Waals surface area contributed by atoms with Crippen molar-refractivity contribution in [1.82, 2.24) is 10.2 Å². The molecule has 1 aromatic rings. The molecule has 0 saturated carbocycles. The molecule has 1 aliphatic rings. The smallest absolute Gasteiger partial charge is 0.232 e. The number of likely N-dealkylation sites (tertiary alicyclic amines) is 1. The monoisotopic (exact) mass is 387 g/mol. The summed E-state index contributed by atoms with van der Waals surface area (Å²) >= 11 is 1.49. The number of thioether (sulfide) groups is 1. The van der Waals surface area contributed by atoms with Crippen molar-refractivity contribution in [3.8, 4) is 5.75 Å². The molecule has 8 heteroatoms. The summed E-state index contributed by atoms with van der Waals surface area (Å²) in [7, 11) is 1.62. The van der Waals surface area contributed by atoms with Gasteiger partial charge in [-0.2, -0.15) is 0 Å². The van der Waals surface area contributed by atoms with Gasteiger partial charge in [0.2, 0.25) is 11.8 Å². The van der Waals surface area contributed by atoms with Crippen molar-refractivity contribution in [2.45, 2.75) is 17.7 Å². The summed E-state index contributed by atoms with van der Waals surface area (Å²) in [5.74, 6) is 1.08. The van der Waals surface area contributed by atoms with E-state index in [-0.39, 0.29) is 30.1 Å². The Bertz CT molecular complexity index is 574. The Morgan fingerprint density at radius 3 is 2.96 bits per heavy atom. The van der Waals surface area contributed by atoms with Gasteiger partial charge in [-0.1, -0.05) is 6.07 Å². The molecule has 1 saturated heterocycles. The van der Waals surface area contributed by atoms with E-state index >= 15 is 0 Å². The van der Waals surface area contributed by atoms with Crippen LogP contribution in [-0.4, -0.2) is 55.8 Å². The number of ether oxygens (including phenoxy) is 1. The van der Waals surface area contributed by atoms with E-state index in [0.717, 1.165) is 30.0 Å². The lowest BCUT2D eigenvalue weighted by Crippen LogP contribution is -2.46. The second-order valence-electron chi connectivity index (χ2n) is 5.73. The van der Waals surface area contributed by atoms with Gasteiger partial charge in [0, 0.05) is 31.1 Å². The van der Waals surface area contributed by atoms with Gasteiger partial charge >= 0.3 is 0 Å². The first-order valence-electron chi connectivity index (χ1n) is 8.16. The summed E-state index contributed by atoms with van der Waals surface area (Å²) in [6.45, 7) is 2.12. The van der Waals surface area contributed by atoms with Crippen LogP contribution < -0.4 is 15.8 Å². The zero-order chi connectivity index (χ0) is 17.4. The molecule has 3 N–H and O–H groups in total. The minimum absolute atomic E-state index is 0. The van der Waals surface area contributed by atoms with E-state index in [0.29, 0.717) is 25.4 Å². The highest BCUT2D eigenvalue weighted by Crippen LogP contribution is 2.24. The van der Waals surface area contributed by atoms with Gasteiger partial charge in [-0.15, -0.1) is 24.2 Å². The van der Waals surface area contributed by atoms with Crippen LogP contribution in [0.4, 0.5) is 0 Å². The maximum Gasteiger partial charge on any atom is 0.232 e. The second-order valence-corrected chi connectivity index (χ2v) is 6.78. The molecule has 1 aromatic carbocycles. The first kappa shape index (κ1) is 21.6. The Labute approximate surface area is 159 Å². The number of hydrogen-bond acceptors (Lipinski definition) is 5. The van der Waals surface area contributed by atoms with Crippen molar-refractivity contribution in [2.24, 2.45) is 11.7 Å². The fourth-order valence-corrected chi connectivity index (χ4v) is 3.53. The van der Waals surface area contributed by atoms with Crippen LogP contribution in [0.25, 0.3) is 0 Å². The SMILES string of the molecule is COc1cccc(SCC(=O)N2CCCC(C(=O)NCCN)C2)c1.Cl. The van der Waals surface area contributed by atoms with Crippen LogP contribution in [0.3, 0.4) is 0 Å². The maximum atomic E-state index is 12.4. The molecule has 0 spiro atoms. The molecule has 0 aliphatic carbocycles. The van der Waals surface area contributed by atoms with Gasteiger partial charge in [-0.3, -0.25) is 9.59 Å². The molecular weight excluding hydrogens is 362 g/mol. The van der Waals surface area contributed by atoms with Crippen LogP contribution in [0.15, 0.2) is 29.2 Å². The second kappa shape index (κ2) is 11.2. The van der Waals surface area contributed by atoms with Gasteiger partial charge in [0.15, 0.2) is 0 Å². The van der Waals surface area contributed by atoms with Crippen molar-refractivity contribution >= 4 is 36.0 Å². The van der Waals surface area contributed by atoms with Gasteiger partial charge < -0.3 is 20.7 Å². The van der Waals surface area contributed by atoms with E-state index in [1.165, 1.54) is 11.8 Å². The van der Waals surface area contributed by atoms with Crippen molar-refractivity contribution in [3.05, 3.63) is 24.3 Å². The normalized spacial score (nSPS) is 16.7. The molecule has 2 rings (SSSR count). The number of hydrogen-bond donors (Lipinski definition) is 2. The van der Waals surface area contributed by atoms with Crippen molar-refractivity contribution in [2.75, 3.05) is 39.0 Å². The van der Waals surface area contributed by atoms with Gasteiger partial charge in [-0.05, 0) is 31.0 Å². The topological polar surface area (TPSA) is 84.7 Å². The van der Waals surface area contributed by atoms with E-state index in [2.05, 4.69) is 5.32 Å². The van der Waals surface area contributed by atoms with Crippen LogP contribution in [0.2, 0.25) is 0 Å². The third-order valence-electron chi connectivity index (χ3n) is 3.99. The quantitative estimate of drug-likeness (QED) is 0.693. The Morgan fingerprint density at radius 1 is 1.44 bits per heavy atom. The highest BCUT2D eigenvalue weighted by molar-refractivity contribution is 8.00. The van der Waals surface area contributed by atoms with Crippen LogP contribution >= 0.6 is 24.2 Å². The first-order chi connectivity index (χ1) is 11.6. The van der Waals surface area contributed by atoms with Crippen LogP contribution in [0.5, 0.6) is 5.75 Å². The fourth-order valence-electron chi connectivity index (χ4n) is 2.68. The number of nitrogens with two attached hydrogens (primary N) is 1. The summed E-state index contributed by atoms with van der Waals surface area (Å²) in [6, 6.07) is 7.66. The van der Waals surface area contributed by atoms with E-state index in [1.807, 2.05) is 24.3 Å². The number of rotatable bonds is 7. The Balaban J connectivity index is 0.00000312. The summed E-state index contributed by atoms with van der Waals surface area (Å²) < 4.78 is 5.19. The number of nitrogens with zero attached hydrogens (tertiary/aromatic N) is 1. The first-order valence-corrected chi connectivity index (χ1v) is 9.15. The third kappa shape index (κ3) is 6.76. The highest BCUT2D eigenvalue weighted by Gasteiger charge is 2.28. The van der Waals surface area contributed by atoms with Gasteiger partial charge in [-0.25, -0.2) is 0 Å². The van der Waals surface area contributed by atoms with Crippen LogP contribution in [-0.2, 0) is 9.59 Å². The molecule has 0 radical (unpaired) electrons. The average molecular weight is 388 g/mol. The molecule has 6 nitrogen and oxygen atoms in total. The van der Waals surface area contributed by atoms with Gasteiger partial charge in [0.25, 0.3) is 0 Å². The Hall–Kier alpha value is -1.44. The van der Waals surface area contributed by atoms with E-state index in [1.54, 1.807) is 12.0 Å². The van der Waals surface area contributed by atoms with E-state index in [9.17, 15) is 9.59 Å². The van der Waals surface area contributed by atoms with Crippen molar-refractivity contribution in [3.63, 3.8) is 0 Å². The molecular formula is C17H26ClN3O3S. The van der Waals surface area contributed by atoms with Gasteiger partial charge in [0.05, 0.1) is 18.8 Å². The number of methoxy groups -OCH3 is 1. The highest BCUT2D eigenvalue weighted by atomic mass is 35.5. The molecule has 2 amide bonds. The van der Waals surface area contributed by atoms with Gasteiger partial charge in [0.1, 0.15) is 5.75 Å². The molecule has 1 fully saturated rings. The Kier molecular flexibility index (Phi) is 9.70. The third-order valence-corrected chi connectivity index (χ3v) is 4.97. The molecule has 0 bridgehead atoms. The zero-order valence-electron chi connectivity index (χ0n) is 14.4. The lowest BCUT2D eigenvalue weighted by molar-refractivity contribution is -0.133. The zero-order valence-corrected chi connectivity index (χ0v) is 16.0. The number of carbonyl (C=O) groups excluding carboxylic acids is 2. The van der Waals surface area contributed by atoms with Crippen molar-refractivity contribution < 1.29 is 14.3 Å². The molecule has 0 aromatic heterocycles. The predicted molar refractivity (Wildman–Crippen MR) is 102 cm³/mol. The number of piperidine rings is 1. The van der Waals surface area contributed by atoms with Crippen molar-refractivity contribution in [1.29, 1.82) is 0 Å². The average Bonchev–Trinajstić information content (AvgIpc) is 2.64. The molecule has 140 valence electrons. The molecule has 1 atom stereocenters. The summed E-state index contributed by atoms with van der Waals surface area (Å²) in [4.78, 5) is 27.3. The fraction of sp³-hybridized carbons (Fsp3) is 0.529. The summed E-state index contributed by atoms with van der Waals surface area (Å²) in [6.07, 6.45) is 1.68. The largest absolute Gasteiger partial charge is 0.497 e. The standard InChI is InChI=1S/C17H25N3O3S.ClH/c1-23-14-5-2-6-15(10-14)24-12-16(21)20-9-3-4-13(11-20)17(22)19-8-7-18;/h2,5-6,10,13H,3-4,7-9,11-12,18H2,1H3,(H,19,22);1H. The van der Waals surface area contributed by atoms with E-state index in [4.69, 9.17) is 10.5 Å². The number of halogens is 1. The van der Waals surface area contributed by atoms with E-state index < -0.39 is 0 Å². The van der Waals surface area contributed by atoms with Crippen LogP contribution in [0.1, 0.15) is 12.8 Å². The lowest BCUT2D eigenvalue weighted by atomic mass is 9.97.